The van der Waals surface area contributed by atoms with E-state index in [1.54, 1.807) is 0 Å². The van der Waals surface area contributed by atoms with Crippen molar-refractivity contribution in [2.75, 3.05) is 0 Å². The predicted molar refractivity (Wildman–Crippen MR) is 28.9 cm³/mol. The molecule has 0 aromatic carbocycles. The van der Waals surface area contributed by atoms with E-state index in [4.69, 9.17) is 10.2 Å². The van der Waals surface area contributed by atoms with E-state index in [1.165, 1.54) is 6.92 Å². The van der Waals surface area contributed by atoms with Crippen molar-refractivity contribution in [3.8, 4) is 0 Å². The quantitative estimate of drug-likeness (QED) is 0.507. The third-order valence-electron chi connectivity index (χ3n) is 0.552. The van der Waals surface area contributed by atoms with E-state index in [1.807, 2.05) is 0 Å². The van der Waals surface area contributed by atoms with Gasteiger partial charge in [-0.05, 0) is 6.92 Å². The number of carboxylic acids is 1. The van der Waals surface area contributed by atoms with Crippen LogP contribution in [0, 0.1) is 0 Å². The Hall–Kier alpha value is -0.220. The van der Waals surface area contributed by atoms with Crippen LogP contribution in [-0.4, -0.2) is 16.3 Å². The van der Waals surface area contributed by atoms with Crippen LogP contribution in [0.4, 0.5) is 0 Å². The zero-order chi connectivity index (χ0) is 5.86. The van der Waals surface area contributed by atoms with Crippen LogP contribution in [0.25, 0.3) is 0 Å². The fourth-order valence-corrected chi connectivity index (χ4v) is 0.175. The highest BCUT2D eigenvalue weighted by molar-refractivity contribution is 7.98. The fraction of sp³-hybridized carbons (Fsp3) is 0.667. The van der Waals surface area contributed by atoms with Gasteiger partial charge in [-0.1, -0.05) is 11.9 Å². The molecule has 7 heavy (non-hydrogen) atoms. The van der Waals surface area contributed by atoms with E-state index in [9.17, 15) is 4.79 Å². The monoisotopic (exact) mass is 121 g/mol. The Kier molecular flexibility index (Phi) is 2.78. The van der Waals surface area contributed by atoms with E-state index in [-0.39, 0.29) is 0 Å². The van der Waals surface area contributed by atoms with Crippen molar-refractivity contribution < 1.29 is 9.90 Å². The molecule has 0 heterocycles. The van der Waals surface area contributed by atoms with E-state index in [0.717, 1.165) is 11.9 Å². The third kappa shape index (κ3) is 2.47. The molecule has 0 amide bonds. The summed E-state index contributed by atoms with van der Waals surface area (Å²) in [4.78, 5) is 9.83. The van der Waals surface area contributed by atoms with Crippen molar-refractivity contribution in [3.05, 3.63) is 0 Å². The molecule has 0 aromatic heterocycles. The van der Waals surface area contributed by atoms with Crippen molar-refractivity contribution in [1.82, 2.24) is 0 Å². The highest BCUT2D eigenvalue weighted by Crippen LogP contribution is 1.98. The van der Waals surface area contributed by atoms with Crippen LogP contribution in [0.1, 0.15) is 6.92 Å². The average molecular weight is 121 g/mol. The summed E-state index contributed by atoms with van der Waals surface area (Å²) in [5.41, 5.74) is 0. The highest BCUT2D eigenvalue weighted by Gasteiger charge is 2.06. The van der Waals surface area contributed by atoms with E-state index >= 15 is 0 Å². The topological polar surface area (TPSA) is 63.3 Å². The lowest BCUT2D eigenvalue weighted by Gasteiger charge is -1.95. The molecule has 1 unspecified atom stereocenters. The van der Waals surface area contributed by atoms with Crippen LogP contribution in [0.3, 0.4) is 0 Å². The molecule has 0 rings (SSSR count). The minimum Gasteiger partial charge on any atom is -0.480 e. The molecule has 0 bridgehead atoms. The maximum atomic E-state index is 9.83. The van der Waals surface area contributed by atoms with Crippen LogP contribution >= 0.6 is 11.9 Å². The van der Waals surface area contributed by atoms with Crippen LogP contribution in [0.15, 0.2) is 0 Å². The Morgan fingerprint density at radius 3 is 2.43 bits per heavy atom. The summed E-state index contributed by atoms with van der Waals surface area (Å²) in [7, 11) is 0. The number of carboxylic acid groups (broad SMARTS) is 1. The van der Waals surface area contributed by atoms with Gasteiger partial charge in [-0.2, -0.15) is 0 Å². The van der Waals surface area contributed by atoms with E-state index < -0.39 is 11.2 Å². The molecule has 0 aliphatic heterocycles. The second kappa shape index (κ2) is 2.87. The van der Waals surface area contributed by atoms with Crippen LogP contribution in [-0.2, 0) is 4.79 Å². The first-order chi connectivity index (χ1) is 3.18. The summed E-state index contributed by atoms with van der Waals surface area (Å²) in [5.74, 6) is -0.868. The zero-order valence-electron chi connectivity index (χ0n) is 3.92. The van der Waals surface area contributed by atoms with Gasteiger partial charge in [0.2, 0.25) is 0 Å². The first-order valence-electron chi connectivity index (χ1n) is 1.77. The second-order valence-electron chi connectivity index (χ2n) is 1.12. The van der Waals surface area contributed by atoms with Gasteiger partial charge in [0.1, 0.15) is 5.25 Å². The Morgan fingerprint density at radius 1 is 2.00 bits per heavy atom. The Bertz CT molecular complexity index is 75.3. The molecule has 0 fully saturated rings. The molecule has 0 aliphatic rings. The lowest BCUT2D eigenvalue weighted by atomic mass is 10.5. The lowest BCUT2D eigenvalue weighted by molar-refractivity contribution is -0.136. The van der Waals surface area contributed by atoms with Crippen molar-refractivity contribution >= 4 is 17.9 Å². The highest BCUT2D eigenvalue weighted by atomic mass is 32.2. The predicted octanol–water partition coefficient (Wildman–Crippen LogP) is 0.0664. The van der Waals surface area contributed by atoms with Crippen molar-refractivity contribution in [2.45, 2.75) is 12.2 Å². The SMILES string of the molecule is CC(SN)C(=O)O. The molecule has 3 nitrogen and oxygen atoms in total. The molecule has 42 valence electrons. The van der Waals surface area contributed by atoms with Gasteiger partial charge >= 0.3 is 5.97 Å². The Morgan fingerprint density at radius 2 is 2.43 bits per heavy atom. The molecular formula is C3H7NO2S. The molecule has 1 atom stereocenters. The Balaban J connectivity index is 3.34. The van der Waals surface area contributed by atoms with Gasteiger partial charge in [-0.3, -0.25) is 9.93 Å². The molecule has 4 heteroatoms. The van der Waals surface area contributed by atoms with Gasteiger partial charge in [0.05, 0.1) is 0 Å². The number of nitrogens with two attached hydrogens (primary N) is 1. The molecule has 0 radical (unpaired) electrons. The number of rotatable bonds is 2. The molecule has 0 saturated heterocycles. The van der Waals surface area contributed by atoms with Gasteiger partial charge < -0.3 is 5.11 Å². The smallest absolute Gasteiger partial charge is 0.317 e. The van der Waals surface area contributed by atoms with Gasteiger partial charge in [-0.15, -0.1) is 0 Å². The van der Waals surface area contributed by atoms with Gasteiger partial charge in [-0.25, -0.2) is 0 Å². The summed E-state index contributed by atoms with van der Waals surface area (Å²) in [6, 6.07) is 0. The van der Waals surface area contributed by atoms with E-state index in [2.05, 4.69) is 0 Å². The molecule has 0 spiro atoms. The fourth-order valence-electron chi connectivity index (χ4n) is 0.0582. The largest absolute Gasteiger partial charge is 0.480 e. The number of carbonyl (C=O) groups is 1. The minimum atomic E-state index is -0.868. The van der Waals surface area contributed by atoms with Crippen LogP contribution in [0.5, 0.6) is 0 Å². The van der Waals surface area contributed by atoms with Gasteiger partial charge in [0, 0.05) is 0 Å². The van der Waals surface area contributed by atoms with Gasteiger partial charge in [0.15, 0.2) is 0 Å². The van der Waals surface area contributed by atoms with E-state index in [0.29, 0.717) is 0 Å². The maximum Gasteiger partial charge on any atom is 0.317 e. The normalized spacial score (nSPS) is 13.4. The summed E-state index contributed by atoms with van der Waals surface area (Å²) >= 11 is 0.833. The Labute approximate surface area is 46.0 Å². The molecule has 0 aliphatic carbocycles. The lowest BCUT2D eigenvalue weighted by Crippen LogP contribution is -2.13. The standard InChI is InChI=1S/C3H7NO2S/c1-2(7-4)3(5)6/h2H,4H2,1H3,(H,5,6). The second-order valence-corrected chi connectivity index (χ2v) is 2.10. The third-order valence-corrected chi connectivity index (χ3v) is 1.16. The van der Waals surface area contributed by atoms with Crippen molar-refractivity contribution in [3.63, 3.8) is 0 Å². The van der Waals surface area contributed by atoms with Gasteiger partial charge in [0.25, 0.3) is 0 Å². The summed E-state index contributed by atoms with van der Waals surface area (Å²) in [6.45, 7) is 1.53. The number of hydrogen-bond donors (Lipinski definition) is 2. The van der Waals surface area contributed by atoms with Crippen molar-refractivity contribution in [1.29, 1.82) is 0 Å². The molecule has 0 aromatic rings. The zero-order valence-corrected chi connectivity index (χ0v) is 4.73. The number of aliphatic carboxylic acids is 1. The number of hydrogen-bond acceptors (Lipinski definition) is 3. The first-order valence-corrected chi connectivity index (χ1v) is 2.71. The first kappa shape index (κ1) is 6.78. The summed E-state index contributed by atoms with van der Waals surface area (Å²) in [5, 5.41) is 12.5. The summed E-state index contributed by atoms with van der Waals surface area (Å²) in [6.07, 6.45) is 0. The van der Waals surface area contributed by atoms with Crippen LogP contribution < -0.4 is 5.14 Å². The summed E-state index contributed by atoms with van der Waals surface area (Å²) < 4.78 is 0. The van der Waals surface area contributed by atoms with Crippen molar-refractivity contribution in [2.24, 2.45) is 5.14 Å². The van der Waals surface area contributed by atoms with Crippen LogP contribution in [0.2, 0.25) is 0 Å². The minimum absolute atomic E-state index is 0.486. The molecule has 0 saturated carbocycles. The molecular weight excluding hydrogens is 114 g/mol. The maximum absolute atomic E-state index is 9.83. The molecule has 3 N–H and O–H groups in total. The average Bonchev–Trinajstić information content (AvgIpc) is 1.65.